The predicted octanol–water partition coefficient (Wildman–Crippen LogP) is -0.0719. The van der Waals surface area contributed by atoms with E-state index < -0.39 is 0 Å². The summed E-state index contributed by atoms with van der Waals surface area (Å²) >= 11 is 0. The third kappa shape index (κ3) is 2.86. The van der Waals surface area contributed by atoms with Gasteiger partial charge < -0.3 is 9.64 Å². The van der Waals surface area contributed by atoms with Crippen LogP contribution in [0.3, 0.4) is 0 Å². The molecule has 0 aromatic heterocycles. The molecule has 1 aliphatic rings. The highest BCUT2D eigenvalue weighted by atomic mass is 16.5. The first-order valence-electron chi connectivity index (χ1n) is 4.54. The van der Waals surface area contributed by atoms with Crippen molar-refractivity contribution in [3.63, 3.8) is 0 Å². The maximum absolute atomic E-state index is 11.1. The molecular weight excluding hydrogens is 170 g/mol. The Morgan fingerprint density at radius 2 is 2.54 bits per heavy atom. The molecule has 1 heterocycles. The van der Waals surface area contributed by atoms with Crippen molar-refractivity contribution in [1.29, 1.82) is 0 Å². The number of likely N-dealkylation sites (tertiary alicyclic amines) is 1. The lowest BCUT2D eigenvalue weighted by Gasteiger charge is -2.14. The molecule has 13 heavy (non-hydrogen) atoms. The highest BCUT2D eigenvalue weighted by Gasteiger charge is 2.25. The van der Waals surface area contributed by atoms with Crippen molar-refractivity contribution in [1.82, 2.24) is 10.3 Å². The molecule has 0 saturated carbocycles. The number of nitrogens with zero attached hydrogens (tertiary/aromatic N) is 1. The Morgan fingerprint density at radius 1 is 1.77 bits per heavy atom. The van der Waals surface area contributed by atoms with Gasteiger partial charge in [-0.05, 0) is 18.8 Å². The summed E-state index contributed by atoms with van der Waals surface area (Å²) in [5.74, 6) is 5.74. The van der Waals surface area contributed by atoms with Gasteiger partial charge in [-0.2, -0.15) is 0 Å². The Labute approximate surface area is 78.2 Å². The Bertz CT molecular complexity index is 175. The Hall–Kier alpha value is -0.810. The Balaban J connectivity index is 2.23. The quantitative estimate of drug-likeness (QED) is 0.479. The number of amides is 1. The van der Waals surface area contributed by atoms with Crippen molar-refractivity contribution >= 4 is 6.09 Å². The number of methoxy groups -OCH3 is 1. The lowest BCUT2D eigenvalue weighted by Crippen LogP contribution is -2.29. The van der Waals surface area contributed by atoms with Gasteiger partial charge in [0.25, 0.3) is 0 Å². The topological polar surface area (TPSA) is 67.6 Å². The Kier molecular flexibility index (Phi) is 3.98. The SMILES string of the molecule is COC(=O)N1CCC(CCNN)C1. The molecule has 5 nitrogen and oxygen atoms in total. The number of hydrogen-bond donors (Lipinski definition) is 2. The van der Waals surface area contributed by atoms with Crippen LogP contribution in [0.4, 0.5) is 4.79 Å². The number of nitrogens with one attached hydrogen (secondary N) is 1. The van der Waals surface area contributed by atoms with Gasteiger partial charge in [-0.15, -0.1) is 0 Å². The zero-order valence-electron chi connectivity index (χ0n) is 7.95. The van der Waals surface area contributed by atoms with Gasteiger partial charge in [-0.1, -0.05) is 0 Å². The van der Waals surface area contributed by atoms with Crippen LogP contribution < -0.4 is 11.3 Å². The van der Waals surface area contributed by atoms with Crippen LogP contribution in [0, 0.1) is 5.92 Å². The molecule has 1 aliphatic heterocycles. The normalized spacial score (nSPS) is 22.0. The second kappa shape index (κ2) is 5.04. The highest BCUT2D eigenvalue weighted by Crippen LogP contribution is 2.19. The lowest BCUT2D eigenvalue weighted by molar-refractivity contribution is 0.131. The molecule has 1 atom stereocenters. The molecular formula is C8H17N3O2. The molecule has 5 heteroatoms. The summed E-state index contributed by atoms with van der Waals surface area (Å²) < 4.78 is 4.63. The van der Waals surface area contributed by atoms with Crippen molar-refractivity contribution in [2.75, 3.05) is 26.7 Å². The van der Waals surface area contributed by atoms with E-state index in [4.69, 9.17) is 5.84 Å². The first kappa shape index (κ1) is 10.3. The van der Waals surface area contributed by atoms with Crippen molar-refractivity contribution in [3.8, 4) is 0 Å². The van der Waals surface area contributed by atoms with Gasteiger partial charge in [-0.3, -0.25) is 11.3 Å². The molecule has 1 unspecified atom stereocenters. The van der Waals surface area contributed by atoms with Gasteiger partial charge in [-0.25, -0.2) is 4.79 Å². The van der Waals surface area contributed by atoms with E-state index >= 15 is 0 Å². The lowest BCUT2D eigenvalue weighted by atomic mass is 10.1. The molecule has 0 aliphatic carbocycles. The van der Waals surface area contributed by atoms with E-state index in [0.29, 0.717) is 5.92 Å². The summed E-state index contributed by atoms with van der Waals surface area (Å²) in [5.41, 5.74) is 2.62. The van der Waals surface area contributed by atoms with Crippen LogP contribution in [-0.2, 0) is 4.74 Å². The van der Waals surface area contributed by atoms with Crippen molar-refractivity contribution in [2.45, 2.75) is 12.8 Å². The summed E-state index contributed by atoms with van der Waals surface area (Å²) in [5, 5.41) is 0. The van der Waals surface area contributed by atoms with Crippen LogP contribution >= 0.6 is 0 Å². The van der Waals surface area contributed by atoms with Crippen molar-refractivity contribution in [3.05, 3.63) is 0 Å². The Morgan fingerprint density at radius 3 is 3.15 bits per heavy atom. The first-order valence-corrected chi connectivity index (χ1v) is 4.54. The van der Waals surface area contributed by atoms with Gasteiger partial charge >= 0.3 is 6.09 Å². The van der Waals surface area contributed by atoms with E-state index in [2.05, 4.69) is 10.2 Å². The van der Waals surface area contributed by atoms with Gasteiger partial charge in [0.05, 0.1) is 7.11 Å². The molecule has 3 N–H and O–H groups in total. The largest absolute Gasteiger partial charge is 0.453 e. The van der Waals surface area contributed by atoms with Crippen LogP contribution in [0.15, 0.2) is 0 Å². The molecule has 1 rings (SSSR count). The zero-order chi connectivity index (χ0) is 9.68. The van der Waals surface area contributed by atoms with Gasteiger partial charge in [0.15, 0.2) is 0 Å². The minimum atomic E-state index is -0.219. The average Bonchev–Trinajstić information content (AvgIpc) is 2.62. The molecule has 0 radical (unpaired) electrons. The maximum Gasteiger partial charge on any atom is 0.409 e. The summed E-state index contributed by atoms with van der Waals surface area (Å²) in [6.45, 7) is 2.41. The van der Waals surface area contributed by atoms with Crippen LogP contribution in [-0.4, -0.2) is 37.7 Å². The second-order valence-corrected chi connectivity index (χ2v) is 3.31. The van der Waals surface area contributed by atoms with Gasteiger partial charge in [0.1, 0.15) is 0 Å². The van der Waals surface area contributed by atoms with E-state index in [9.17, 15) is 4.79 Å². The third-order valence-electron chi connectivity index (χ3n) is 2.42. The minimum absolute atomic E-state index is 0.219. The molecule has 0 aromatic carbocycles. The van der Waals surface area contributed by atoms with Gasteiger partial charge in [0, 0.05) is 19.6 Å². The van der Waals surface area contributed by atoms with Crippen LogP contribution in [0.25, 0.3) is 0 Å². The number of rotatable bonds is 3. The maximum atomic E-state index is 11.1. The fourth-order valence-corrected chi connectivity index (χ4v) is 1.65. The molecule has 0 bridgehead atoms. The first-order chi connectivity index (χ1) is 6.27. The van der Waals surface area contributed by atoms with Crippen LogP contribution in [0.5, 0.6) is 0 Å². The number of nitrogens with two attached hydrogens (primary N) is 1. The fourth-order valence-electron chi connectivity index (χ4n) is 1.65. The fraction of sp³-hybridized carbons (Fsp3) is 0.875. The van der Waals surface area contributed by atoms with Crippen molar-refractivity contribution < 1.29 is 9.53 Å². The summed E-state index contributed by atoms with van der Waals surface area (Å²) in [4.78, 5) is 12.8. The average molecular weight is 187 g/mol. The number of ether oxygens (including phenoxy) is 1. The summed E-state index contributed by atoms with van der Waals surface area (Å²) in [6.07, 6.45) is 1.85. The number of hydrogen-bond acceptors (Lipinski definition) is 4. The number of hydrazine groups is 1. The van der Waals surface area contributed by atoms with E-state index in [-0.39, 0.29) is 6.09 Å². The van der Waals surface area contributed by atoms with E-state index in [0.717, 1.165) is 32.5 Å². The zero-order valence-corrected chi connectivity index (χ0v) is 7.95. The molecule has 0 aromatic rings. The van der Waals surface area contributed by atoms with Gasteiger partial charge in [0.2, 0.25) is 0 Å². The minimum Gasteiger partial charge on any atom is -0.453 e. The standard InChI is InChI=1S/C8H17N3O2/c1-13-8(12)11-5-3-7(6-11)2-4-10-9/h7,10H,2-6,9H2,1H3. The predicted molar refractivity (Wildman–Crippen MR) is 48.9 cm³/mol. The molecule has 1 fully saturated rings. The summed E-state index contributed by atoms with van der Waals surface area (Å²) in [7, 11) is 1.41. The van der Waals surface area contributed by atoms with Crippen LogP contribution in [0.2, 0.25) is 0 Å². The number of carbonyl (C=O) groups is 1. The summed E-state index contributed by atoms with van der Waals surface area (Å²) in [6, 6.07) is 0. The molecule has 1 saturated heterocycles. The van der Waals surface area contributed by atoms with E-state index in [1.54, 1.807) is 4.90 Å². The third-order valence-corrected chi connectivity index (χ3v) is 2.42. The second-order valence-electron chi connectivity index (χ2n) is 3.31. The number of carbonyl (C=O) groups excluding carboxylic acids is 1. The van der Waals surface area contributed by atoms with E-state index in [1.165, 1.54) is 7.11 Å². The smallest absolute Gasteiger partial charge is 0.409 e. The monoisotopic (exact) mass is 187 g/mol. The van der Waals surface area contributed by atoms with Crippen LogP contribution in [0.1, 0.15) is 12.8 Å². The molecule has 0 spiro atoms. The highest BCUT2D eigenvalue weighted by molar-refractivity contribution is 5.67. The van der Waals surface area contributed by atoms with E-state index in [1.807, 2.05) is 0 Å². The molecule has 76 valence electrons. The van der Waals surface area contributed by atoms with Crippen molar-refractivity contribution in [2.24, 2.45) is 11.8 Å². The molecule has 1 amide bonds.